The summed E-state index contributed by atoms with van der Waals surface area (Å²) < 4.78 is 5.33. The van der Waals surface area contributed by atoms with Gasteiger partial charge in [0.2, 0.25) is 0 Å². The average Bonchev–Trinajstić information content (AvgIpc) is 2.72. The van der Waals surface area contributed by atoms with Crippen LogP contribution < -0.4 is 0 Å². The Balaban J connectivity index is 2.55. The van der Waals surface area contributed by atoms with Crippen LogP contribution in [0.1, 0.15) is 27.2 Å². The number of likely N-dealkylation sites (tertiary alicyclic amines) is 1. The van der Waals surface area contributed by atoms with E-state index in [1.54, 1.807) is 23.3 Å². The van der Waals surface area contributed by atoms with Crippen molar-refractivity contribution in [1.82, 2.24) is 9.91 Å². The summed E-state index contributed by atoms with van der Waals surface area (Å²) in [6.45, 7) is 10.3. The first-order valence-electron chi connectivity index (χ1n) is 6.02. The molecule has 0 saturated carbocycles. The Morgan fingerprint density at radius 3 is 2.72 bits per heavy atom. The first-order valence-corrected chi connectivity index (χ1v) is 6.02. The zero-order chi connectivity index (χ0) is 13.8. The number of aliphatic imine (C=N–C) groups is 1. The molecule has 0 unspecified atom stereocenters. The van der Waals surface area contributed by atoms with E-state index in [1.807, 2.05) is 20.8 Å². The minimum absolute atomic E-state index is 0.124. The van der Waals surface area contributed by atoms with Gasteiger partial charge in [0.15, 0.2) is 0 Å². The number of rotatable bonds is 3. The van der Waals surface area contributed by atoms with E-state index >= 15 is 0 Å². The van der Waals surface area contributed by atoms with Gasteiger partial charge in [0, 0.05) is 26.9 Å². The summed E-state index contributed by atoms with van der Waals surface area (Å²) in [4.78, 5) is 17.5. The van der Waals surface area contributed by atoms with Crippen LogP contribution in [0.4, 0.5) is 4.79 Å². The minimum Gasteiger partial charge on any atom is -0.444 e. The number of carbonyl (C=O) groups excluding carboxylic acids is 1. The maximum Gasteiger partial charge on any atom is 0.410 e. The quantitative estimate of drug-likeness (QED) is 0.436. The van der Waals surface area contributed by atoms with Gasteiger partial charge in [0.1, 0.15) is 11.9 Å². The molecule has 0 aliphatic carbocycles. The normalized spacial score (nSPS) is 20.2. The van der Waals surface area contributed by atoms with E-state index < -0.39 is 5.60 Å². The van der Waals surface area contributed by atoms with E-state index in [2.05, 4.69) is 16.8 Å². The van der Waals surface area contributed by atoms with Crippen LogP contribution in [0.15, 0.2) is 10.1 Å². The van der Waals surface area contributed by atoms with E-state index in [4.69, 9.17) is 4.74 Å². The highest BCUT2D eigenvalue weighted by molar-refractivity contribution is 5.68. The van der Waals surface area contributed by atoms with Crippen LogP contribution in [-0.4, -0.2) is 60.8 Å². The Hall–Kier alpha value is -1.59. The van der Waals surface area contributed by atoms with Crippen molar-refractivity contribution in [2.24, 2.45) is 10.1 Å². The van der Waals surface area contributed by atoms with E-state index in [1.165, 1.54) is 0 Å². The summed E-state index contributed by atoms with van der Waals surface area (Å²) in [7, 11) is 1.68. The first kappa shape index (κ1) is 14.5. The Morgan fingerprint density at radius 2 is 2.22 bits per heavy atom. The van der Waals surface area contributed by atoms with Gasteiger partial charge < -0.3 is 9.64 Å². The molecule has 0 N–H and O–H groups in total. The lowest BCUT2D eigenvalue weighted by Crippen LogP contribution is -2.38. The van der Waals surface area contributed by atoms with Crippen molar-refractivity contribution in [2.75, 3.05) is 20.1 Å². The Kier molecular flexibility index (Phi) is 4.69. The van der Waals surface area contributed by atoms with Crippen LogP contribution in [0.3, 0.4) is 0 Å². The van der Waals surface area contributed by atoms with E-state index in [0.29, 0.717) is 13.1 Å². The molecule has 0 aromatic heterocycles. The molecule has 6 nitrogen and oxygen atoms in total. The number of hydrogen-bond acceptors (Lipinski definition) is 4. The zero-order valence-corrected chi connectivity index (χ0v) is 11.6. The molecule has 1 aliphatic heterocycles. The van der Waals surface area contributed by atoms with Crippen molar-refractivity contribution in [3.8, 4) is 0 Å². The summed E-state index contributed by atoms with van der Waals surface area (Å²) in [5.74, 6) is 0. The molecule has 1 saturated heterocycles. The fraction of sp³-hybridized carbons (Fsp3) is 0.750. The zero-order valence-electron chi connectivity index (χ0n) is 11.6. The van der Waals surface area contributed by atoms with E-state index in [9.17, 15) is 4.79 Å². The summed E-state index contributed by atoms with van der Waals surface area (Å²) in [6, 6.07) is 0.124. The summed E-state index contributed by atoms with van der Waals surface area (Å²) in [5.41, 5.74) is -0.462. The number of hydrazone groups is 1. The van der Waals surface area contributed by atoms with Crippen LogP contribution in [0.25, 0.3) is 0 Å². The second kappa shape index (κ2) is 5.84. The van der Waals surface area contributed by atoms with Gasteiger partial charge in [0.05, 0.1) is 6.04 Å². The molecule has 1 atom stereocenters. The molecule has 1 aliphatic rings. The van der Waals surface area contributed by atoms with Gasteiger partial charge in [-0.15, -0.1) is 0 Å². The van der Waals surface area contributed by atoms with Gasteiger partial charge in [-0.25, -0.2) is 4.79 Å². The lowest BCUT2D eigenvalue weighted by atomic mass is 10.2. The molecular weight excluding hydrogens is 232 g/mol. The second-order valence-electron chi connectivity index (χ2n) is 5.26. The van der Waals surface area contributed by atoms with Gasteiger partial charge in [0.25, 0.3) is 0 Å². The largest absolute Gasteiger partial charge is 0.444 e. The van der Waals surface area contributed by atoms with Crippen molar-refractivity contribution < 1.29 is 9.53 Å². The Morgan fingerprint density at radius 1 is 1.56 bits per heavy atom. The molecule has 0 aromatic carbocycles. The number of amides is 1. The molecule has 1 rings (SSSR count). The second-order valence-corrected chi connectivity index (χ2v) is 5.26. The molecule has 0 bridgehead atoms. The SMILES string of the molecule is C=NN(/C=N\C)[C@H]1CCN(C(=O)OC(C)(C)C)C1. The lowest BCUT2D eigenvalue weighted by Gasteiger charge is -2.25. The minimum atomic E-state index is -0.462. The number of carbonyl (C=O) groups is 1. The predicted octanol–water partition coefficient (Wildman–Crippen LogP) is 1.57. The van der Waals surface area contributed by atoms with E-state index in [0.717, 1.165) is 6.42 Å². The molecule has 1 heterocycles. The monoisotopic (exact) mass is 254 g/mol. The third-order valence-corrected chi connectivity index (χ3v) is 2.59. The van der Waals surface area contributed by atoms with Gasteiger partial charge in [-0.05, 0) is 27.2 Å². The number of nitrogens with zero attached hydrogens (tertiary/aromatic N) is 4. The van der Waals surface area contributed by atoms with Gasteiger partial charge in [-0.1, -0.05) is 0 Å². The molecule has 0 aromatic rings. The summed E-state index contributed by atoms with van der Waals surface area (Å²) >= 11 is 0. The van der Waals surface area contributed by atoms with Gasteiger partial charge in [-0.2, -0.15) is 5.10 Å². The highest BCUT2D eigenvalue weighted by atomic mass is 16.6. The molecule has 0 spiro atoms. The molecule has 102 valence electrons. The molecule has 1 fully saturated rings. The van der Waals surface area contributed by atoms with Crippen LogP contribution in [-0.2, 0) is 4.74 Å². The standard InChI is InChI=1S/C12H22N4O2/c1-12(2,3)18-11(17)15-7-6-10(8-15)16(14-5)9-13-4/h9-10H,5-8H2,1-4H3/b13-9-/t10-/m0/s1. The Labute approximate surface area is 108 Å². The Bertz CT molecular complexity index is 335. The van der Waals surface area contributed by atoms with Crippen LogP contribution in [0.2, 0.25) is 0 Å². The lowest BCUT2D eigenvalue weighted by molar-refractivity contribution is 0.0286. The van der Waals surface area contributed by atoms with Crippen molar-refractivity contribution >= 4 is 19.1 Å². The van der Waals surface area contributed by atoms with Crippen LogP contribution in [0, 0.1) is 0 Å². The highest BCUT2D eigenvalue weighted by Crippen LogP contribution is 2.18. The molecule has 1 amide bonds. The van der Waals surface area contributed by atoms with Gasteiger partial charge in [-0.3, -0.25) is 10.0 Å². The maximum absolute atomic E-state index is 11.9. The third-order valence-electron chi connectivity index (χ3n) is 2.59. The van der Waals surface area contributed by atoms with Crippen molar-refractivity contribution in [2.45, 2.75) is 38.8 Å². The predicted molar refractivity (Wildman–Crippen MR) is 72.0 cm³/mol. The van der Waals surface area contributed by atoms with Crippen LogP contribution in [0.5, 0.6) is 0 Å². The number of ether oxygens (including phenoxy) is 1. The smallest absolute Gasteiger partial charge is 0.410 e. The fourth-order valence-electron chi connectivity index (χ4n) is 1.81. The maximum atomic E-state index is 11.9. The van der Waals surface area contributed by atoms with Crippen LogP contribution >= 0.6 is 0 Å². The highest BCUT2D eigenvalue weighted by Gasteiger charge is 2.32. The summed E-state index contributed by atoms with van der Waals surface area (Å²) in [6.07, 6.45) is 2.18. The molecule has 18 heavy (non-hydrogen) atoms. The van der Waals surface area contributed by atoms with E-state index in [-0.39, 0.29) is 12.1 Å². The fourth-order valence-corrected chi connectivity index (χ4v) is 1.81. The molecule has 6 heteroatoms. The topological polar surface area (TPSA) is 57.5 Å². The summed E-state index contributed by atoms with van der Waals surface area (Å²) in [5, 5.41) is 5.57. The average molecular weight is 254 g/mol. The van der Waals surface area contributed by atoms with Crippen molar-refractivity contribution in [3.63, 3.8) is 0 Å². The van der Waals surface area contributed by atoms with Gasteiger partial charge >= 0.3 is 6.09 Å². The first-order chi connectivity index (χ1) is 8.37. The molecule has 0 radical (unpaired) electrons. The third kappa shape index (κ3) is 4.01. The molecular formula is C12H22N4O2. The number of hydrogen-bond donors (Lipinski definition) is 0. The van der Waals surface area contributed by atoms with Crippen molar-refractivity contribution in [1.29, 1.82) is 0 Å². The van der Waals surface area contributed by atoms with Crippen molar-refractivity contribution in [3.05, 3.63) is 0 Å².